The lowest BCUT2D eigenvalue weighted by molar-refractivity contribution is 0.775. The maximum Gasteiger partial charge on any atom is 0.143 e. The average molecular weight is 267 g/mol. The van der Waals surface area contributed by atoms with E-state index in [0.717, 1.165) is 29.8 Å². The molecule has 0 unspecified atom stereocenters. The van der Waals surface area contributed by atoms with Gasteiger partial charge < -0.3 is 4.90 Å². The van der Waals surface area contributed by atoms with Gasteiger partial charge in [0.05, 0.1) is 4.47 Å². The molecule has 0 radical (unpaired) electrons. The molecule has 1 aromatic heterocycles. The predicted molar refractivity (Wildman–Crippen MR) is 67.3 cm³/mol. The number of rotatable bonds is 1. The van der Waals surface area contributed by atoms with Crippen molar-refractivity contribution < 1.29 is 0 Å². The number of aryl methyl sites for hydroxylation is 1. The zero-order chi connectivity index (χ0) is 10.8. The van der Waals surface area contributed by atoms with Crippen LogP contribution in [0.2, 0.25) is 0 Å². The standard InChI is InChI=1S/C12H15BrN2/c1-9-4-3-7-15(8-9)12-11(13)10(2)5-6-14-12/h4-6H,3,7-8H2,1-2H3. The summed E-state index contributed by atoms with van der Waals surface area (Å²) in [5, 5.41) is 0. The molecule has 0 bridgehead atoms. The molecule has 1 aliphatic rings. The Morgan fingerprint density at radius 3 is 2.93 bits per heavy atom. The molecule has 0 aliphatic carbocycles. The Bertz CT molecular complexity index is 399. The second-order valence-corrected chi connectivity index (χ2v) is 4.82. The average Bonchev–Trinajstić information content (AvgIpc) is 2.22. The molecule has 2 rings (SSSR count). The van der Waals surface area contributed by atoms with Crippen molar-refractivity contribution >= 4 is 21.7 Å². The van der Waals surface area contributed by atoms with E-state index in [2.05, 4.69) is 45.7 Å². The molecule has 1 aliphatic heterocycles. The number of nitrogens with zero attached hydrogens (tertiary/aromatic N) is 2. The van der Waals surface area contributed by atoms with Crippen molar-refractivity contribution in [3.05, 3.63) is 33.9 Å². The third kappa shape index (κ3) is 2.23. The molecule has 0 fully saturated rings. The molecule has 0 aromatic carbocycles. The highest BCUT2D eigenvalue weighted by Gasteiger charge is 2.15. The van der Waals surface area contributed by atoms with Gasteiger partial charge in [-0.2, -0.15) is 0 Å². The molecule has 0 amide bonds. The van der Waals surface area contributed by atoms with Crippen LogP contribution in [0.3, 0.4) is 0 Å². The van der Waals surface area contributed by atoms with Crippen LogP contribution >= 0.6 is 15.9 Å². The van der Waals surface area contributed by atoms with E-state index in [9.17, 15) is 0 Å². The first-order valence-corrected chi connectivity index (χ1v) is 5.99. The highest BCUT2D eigenvalue weighted by atomic mass is 79.9. The minimum Gasteiger partial charge on any atom is -0.351 e. The summed E-state index contributed by atoms with van der Waals surface area (Å²) in [5.41, 5.74) is 2.67. The zero-order valence-corrected chi connectivity index (χ0v) is 10.7. The lowest BCUT2D eigenvalue weighted by Crippen LogP contribution is -2.30. The van der Waals surface area contributed by atoms with Crippen LogP contribution in [0.15, 0.2) is 28.4 Å². The smallest absolute Gasteiger partial charge is 0.143 e. The molecule has 0 N–H and O–H groups in total. The number of aromatic nitrogens is 1. The fraction of sp³-hybridized carbons (Fsp3) is 0.417. The van der Waals surface area contributed by atoms with Crippen molar-refractivity contribution in [3.8, 4) is 0 Å². The lowest BCUT2D eigenvalue weighted by Gasteiger charge is -2.28. The fourth-order valence-electron chi connectivity index (χ4n) is 1.84. The monoisotopic (exact) mass is 266 g/mol. The van der Waals surface area contributed by atoms with Gasteiger partial charge in [0.1, 0.15) is 5.82 Å². The number of anilines is 1. The molecule has 0 saturated carbocycles. The Kier molecular flexibility index (Phi) is 3.10. The normalized spacial score (nSPS) is 16.5. The van der Waals surface area contributed by atoms with Crippen molar-refractivity contribution in [3.63, 3.8) is 0 Å². The van der Waals surface area contributed by atoms with Gasteiger partial charge in [0.25, 0.3) is 0 Å². The largest absolute Gasteiger partial charge is 0.351 e. The quantitative estimate of drug-likeness (QED) is 0.726. The molecular weight excluding hydrogens is 252 g/mol. The van der Waals surface area contributed by atoms with Gasteiger partial charge in [-0.1, -0.05) is 11.6 Å². The first kappa shape index (κ1) is 10.7. The zero-order valence-electron chi connectivity index (χ0n) is 9.13. The van der Waals surface area contributed by atoms with Crippen molar-refractivity contribution in [1.29, 1.82) is 0 Å². The van der Waals surface area contributed by atoms with E-state index in [1.54, 1.807) is 0 Å². The van der Waals surface area contributed by atoms with Crippen LogP contribution < -0.4 is 4.90 Å². The summed E-state index contributed by atoms with van der Waals surface area (Å²) in [6.45, 7) is 6.33. The maximum atomic E-state index is 4.45. The summed E-state index contributed by atoms with van der Waals surface area (Å²) in [7, 11) is 0. The van der Waals surface area contributed by atoms with Crippen LogP contribution in [0.25, 0.3) is 0 Å². The van der Waals surface area contributed by atoms with Crippen LogP contribution in [-0.4, -0.2) is 18.1 Å². The van der Waals surface area contributed by atoms with E-state index in [1.165, 1.54) is 11.1 Å². The van der Waals surface area contributed by atoms with Crippen LogP contribution in [0.1, 0.15) is 18.9 Å². The van der Waals surface area contributed by atoms with E-state index >= 15 is 0 Å². The van der Waals surface area contributed by atoms with E-state index in [4.69, 9.17) is 0 Å². The molecule has 0 atom stereocenters. The first-order chi connectivity index (χ1) is 7.18. The number of hydrogen-bond donors (Lipinski definition) is 0. The number of hydrogen-bond acceptors (Lipinski definition) is 2. The summed E-state index contributed by atoms with van der Waals surface area (Å²) >= 11 is 3.61. The van der Waals surface area contributed by atoms with Gasteiger partial charge in [-0.05, 0) is 47.8 Å². The summed E-state index contributed by atoms with van der Waals surface area (Å²) < 4.78 is 1.12. The number of halogens is 1. The molecule has 0 spiro atoms. The second-order valence-electron chi connectivity index (χ2n) is 4.03. The predicted octanol–water partition coefficient (Wildman–Crippen LogP) is 3.31. The third-order valence-corrected chi connectivity index (χ3v) is 3.68. The molecule has 3 heteroatoms. The molecule has 2 heterocycles. The van der Waals surface area contributed by atoms with Gasteiger partial charge >= 0.3 is 0 Å². The summed E-state index contributed by atoms with van der Waals surface area (Å²) in [4.78, 5) is 6.77. The topological polar surface area (TPSA) is 16.1 Å². The second kappa shape index (κ2) is 4.35. The minimum atomic E-state index is 0.995. The maximum absolute atomic E-state index is 4.45. The summed E-state index contributed by atoms with van der Waals surface area (Å²) in [6.07, 6.45) is 5.30. The lowest BCUT2D eigenvalue weighted by atomic mass is 10.1. The van der Waals surface area contributed by atoms with Crippen LogP contribution in [0, 0.1) is 6.92 Å². The molecule has 80 valence electrons. The van der Waals surface area contributed by atoms with Crippen molar-refractivity contribution in [2.45, 2.75) is 20.3 Å². The molecule has 15 heavy (non-hydrogen) atoms. The van der Waals surface area contributed by atoms with Gasteiger partial charge in [-0.3, -0.25) is 0 Å². The minimum absolute atomic E-state index is 0.995. The van der Waals surface area contributed by atoms with Gasteiger partial charge in [0.15, 0.2) is 0 Å². The van der Waals surface area contributed by atoms with Crippen LogP contribution in [-0.2, 0) is 0 Å². The Morgan fingerprint density at radius 1 is 1.40 bits per heavy atom. The van der Waals surface area contributed by atoms with Gasteiger partial charge in [0.2, 0.25) is 0 Å². The van der Waals surface area contributed by atoms with Gasteiger partial charge in [-0.25, -0.2) is 4.98 Å². The van der Waals surface area contributed by atoms with Crippen molar-refractivity contribution in [2.75, 3.05) is 18.0 Å². The molecular formula is C12H15BrN2. The van der Waals surface area contributed by atoms with E-state index < -0.39 is 0 Å². The van der Waals surface area contributed by atoms with E-state index in [0.29, 0.717) is 0 Å². The summed E-state index contributed by atoms with van der Waals surface area (Å²) in [6, 6.07) is 2.03. The van der Waals surface area contributed by atoms with Crippen molar-refractivity contribution in [1.82, 2.24) is 4.98 Å². The summed E-state index contributed by atoms with van der Waals surface area (Å²) in [5.74, 6) is 1.07. The Balaban J connectivity index is 2.30. The van der Waals surface area contributed by atoms with Crippen molar-refractivity contribution in [2.24, 2.45) is 0 Å². The SMILES string of the molecule is CC1=CCCN(c2nccc(C)c2Br)C1. The van der Waals surface area contributed by atoms with E-state index in [-0.39, 0.29) is 0 Å². The Hall–Kier alpha value is -0.830. The van der Waals surface area contributed by atoms with Gasteiger partial charge in [0, 0.05) is 19.3 Å². The third-order valence-electron chi connectivity index (χ3n) is 2.70. The highest BCUT2D eigenvalue weighted by Crippen LogP contribution is 2.28. The molecule has 2 nitrogen and oxygen atoms in total. The van der Waals surface area contributed by atoms with E-state index in [1.807, 2.05) is 12.3 Å². The Labute approximate surface area is 99.1 Å². The Morgan fingerprint density at radius 2 is 2.20 bits per heavy atom. The fourth-order valence-corrected chi connectivity index (χ4v) is 2.32. The van der Waals surface area contributed by atoms with Gasteiger partial charge in [-0.15, -0.1) is 0 Å². The number of pyridine rings is 1. The molecule has 0 saturated heterocycles. The van der Waals surface area contributed by atoms with Crippen LogP contribution in [0.5, 0.6) is 0 Å². The first-order valence-electron chi connectivity index (χ1n) is 5.20. The van der Waals surface area contributed by atoms with Crippen LogP contribution in [0.4, 0.5) is 5.82 Å². The molecule has 1 aromatic rings. The highest BCUT2D eigenvalue weighted by molar-refractivity contribution is 9.10.